The molecule has 33 heavy (non-hydrogen) atoms. The topological polar surface area (TPSA) is 145 Å². The van der Waals surface area contributed by atoms with Gasteiger partial charge in [-0.1, -0.05) is 13.8 Å². The van der Waals surface area contributed by atoms with Crippen molar-refractivity contribution in [2.45, 2.75) is 29.7 Å². The Bertz CT molecular complexity index is 1190. The number of anilines is 1. The minimum atomic E-state index is -4.03. The van der Waals surface area contributed by atoms with Crippen molar-refractivity contribution < 1.29 is 35.9 Å². The lowest BCUT2D eigenvalue weighted by Gasteiger charge is -2.20. The van der Waals surface area contributed by atoms with Gasteiger partial charge in [-0.05, 0) is 54.4 Å². The fourth-order valence-electron chi connectivity index (χ4n) is 2.66. The van der Waals surface area contributed by atoms with E-state index in [1.165, 1.54) is 55.6 Å². The number of rotatable bonds is 10. The molecule has 2 rings (SSSR count). The number of hydrogen-bond donors (Lipinski definition) is 2. The summed E-state index contributed by atoms with van der Waals surface area (Å²) in [6.45, 7) is 2.61. The third kappa shape index (κ3) is 7.55. The molecule has 10 nitrogen and oxygen atoms in total. The normalized spacial score (nSPS) is 12.8. The molecular weight excluding hydrogens is 472 g/mol. The molecule has 0 spiro atoms. The number of ether oxygens (including phenoxy) is 2. The van der Waals surface area contributed by atoms with Gasteiger partial charge >= 0.3 is 5.97 Å². The fraction of sp³-hybridized carbons (Fsp3) is 0.333. The van der Waals surface area contributed by atoms with E-state index in [0.717, 1.165) is 6.26 Å². The van der Waals surface area contributed by atoms with Crippen LogP contribution in [0.3, 0.4) is 0 Å². The molecule has 2 aromatic carbocycles. The van der Waals surface area contributed by atoms with Crippen molar-refractivity contribution in [2.75, 3.05) is 25.3 Å². The molecule has 0 saturated carbocycles. The van der Waals surface area contributed by atoms with Crippen molar-refractivity contribution in [3.05, 3.63) is 48.5 Å². The molecule has 0 aliphatic rings. The van der Waals surface area contributed by atoms with E-state index in [2.05, 4.69) is 10.0 Å². The quantitative estimate of drug-likeness (QED) is 0.470. The Morgan fingerprint density at radius 2 is 1.45 bits per heavy atom. The highest BCUT2D eigenvalue weighted by Gasteiger charge is 2.30. The summed E-state index contributed by atoms with van der Waals surface area (Å²) in [7, 11) is -5.95. The molecule has 0 aliphatic heterocycles. The summed E-state index contributed by atoms with van der Waals surface area (Å²) in [4.78, 5) is 24.6. The Kier molecular flexibility index (Phi) is 8.58. The summed E-state index contributed by atoms with van der Waals surface area (Å²) < 4.78 is 60.6. The smallest absolute Gasteiger partial charge is 0.324 e. The standard InChI is InChI=1S/C21H26N2O8S2/c1-14(2)20(23-33(28,29)18-11-7-16(30-3)8-12-18)21(25)31-13-19(24)22-15-5-9-17(10-6-15)32(4,26)27/h5-12,14,20,23H,13H2,1-4H3,(H,22,24)/t20-/m0/s1. The second kappa shape index (κ2) is 10.8. The first-order valence-electron chi connectivity index (χ1n) is 9.76. The zero-order valence-electron chi connectivity index (χ0n) is 18.6. The number of benzene rings is 2. The van der Waals surface area contributed by atoms with Crippen LogP contribution in [0.4, 0.5) is 5.69 Å². The maximum Gasteiger partial charge on any atom is 0.324 e. The molecule has 0 aliphatic carbocycles. The van der Waals surface area contributed by atoms with Crippen LogP contribution in [0.2, 0.25) is 0 Å². The van der Waals surface area contributed by atoms with Crippen LogP contribution in [-0.4, -0.2) is 54.7 Å². The third-order valence-electron chi connectivity index (χ3n) is 4.48. The molecule has 1 amide bonds. The number of nitrogens with one attached hydrogen (secondary N) is 2. The molecule has 12 heteroatoms. The summed E-state index contributed by atoms with van der Waals surface area (Å²) in [5.74, 6) is -1.57. The Morgan fingerprint density at radius 3 is 1.94 bits per heavy atom. The Hall–Kier alpha value is -2.96. The number of methoxy groups -OCH3 is 1. The second-order valence-electron chi connectivity index (χ2n) is 7.47. The van der Waals surface area contributed by atoms with E-state index >= 15 is 0 Å². The van der Waals surface area contributed by atoms with E-state index in [1.807, 2.05) is 0 Å². The van der Waals surface area contributed by atoms with Gasteiger partial charge in [-0.3, -0.25) is 9.59 Å². The van der Waals surface area contributed by atoms with Crippen LogP contribution in [0.5, 0.6) is 5.75 Å². The summed E-state index contributed by atoms with van der Waals surface area (Å²) >= 11 is 0. The minimum absolute atomic E-state index is 0.0583. The number of sulfonamides is 1. The van der Waals surface area contributed by atoms with Gasteiger partial charge in [-0.2, -0.15) is 4.72 Å². The molecule has 0 unspecified atom stereocenters. The predicted octanol–water partition coefficient (Wildman–Crippen LogP) is 1.58. The van der Waals surface area contributed by atoms with Crippen molar-refractivity contribution in [1.82, 2.24) is 4.72 Å². The zero-order valence-corrected chi connectivity index (χ0v) is 20.2. The Labute approximate surface area is 193 Å². The molecule has 0 bridgehead atoms. The lowest BCUT2D eigenvalue weighted by Crippen LogP contribution is -2.45. The predicted molar refractivity (Wildman–Crippen MR) is 121 cm³/mol. The van der Waals surface area contributed by atoms with Crippen molar-refractivity contribution in [3.8, 4) is 5.75 Å². The molecule has 0 fully saturated rings. The van der Waals surface area contributed by atoms with Gasteiger partial charge in [-0.25, -0.2) is 16.8 Å². The summed E-state index contributed by atoms with van der Waals surface area (Å²) in [5.41, 5.74) is 0.309. The highest BCUT2D eigenvalue weighted by Crippen LogP contribution is 2.17. The lowest BCUT2D eigenvalue weighted by molar-refractivity contribution is -0.150. The van der Waals surface area contributed by atoms with E-state index in [9.17, 15) is 26.4 Å². The molecular formula is C21H26N2O8S2. The zero-order chi connectivity index (χ0) is 24.8. The van der Waals surface area contributed by atoms with Crippen LogP contribution in [-0.2, 0) is 34.2 Å². The number of sulfone groups is 1. The highest BCUT2D eigenvalue weighted by molar-refractivity contribution is 7.90. The van der Waals surface area contributed by atoms with Crippen molar-refractivity contribution >= 4 is 37.4 Å². The summed E-state index contributed by atoms with van der Waals surface area (Å²) in [5, 5.41) is 2.47. The van der Waals surface area contributed by atoms with Crippen LogP contribution in [0.1, 0.15) is 13.8 Å². The van der Waals surface area contributed by atoms with Crippen LogP contribution in [0, 0.1) is 5.92 Å². The number of amides is 1. The molecule has 0 heterocycles. The molecule has 180 valence electrons. The maximum atomic E-state index is 12.6. The van der Waals surface area contributed by atoms with E-state index in [-0.39, 0.29) is 9.79 Å². The average Bonchev–Trinajstić information content (AvgIpc) is 2.75. The van der Waals surface area contributed by atoms with E-state index in [4.69, 9.17) is 9.47 Å². The molecule has 0 radical (unpaired) electrons. The first-order valence-corrected chi connectivity index (χ1v) is 13.1. The fourth-order valence-corrected chi connectivity index (χ4v) is 4.62. The largest absolute Gasteiger partial charge is 0.497 e. The number of hydrogen-bond acceptors (Lipinski definition) is 8. The molecule has 1 atom stereocenters. The lowest BCUT2D eigenvalue weighted by atomic mass is 10.1. The summed E-state index contributed by atoms with van der Waals surface area (Å²) in [6.07, 6.45) is 1.06. The SMILES string of the molecule is COc1ccc(S(=O)(=O)N[C@H](C(=O)OCC(=O)Nc2ccc(S(C)(=O)=O)cc2)C(C)C)cc1. The van der Waals surface area contributed by atoms with Gasteiger partial charge in [0.25, 0.3) is 5.91 Å². The van der Waals surface area contributed by atoms with Crippen LogP contribution < -0.4 is 14.8 Å². The highest BCUT2D eigenvalue weighted by atomic mass is 32.2. The van der Waals surface area contributed by atoms with Gasteiger partial charge < -0.3 is 14.8 Å². The first kappa shape index (κ1) is 26.3. The van der Waals surface area contributed by atoms with Crippen molar-refractivity contribution in [2.24, 2.45) is 5.92 Å². The third-order valence-corrected chi connectivity index (χ3v) is 7.07. The van der Waals surface area contributed by atoms with Gasteiger partial charge in [0.15, 0.2) is 16.4 Å². The Morgan fingerprint density at radius 1 is 0.909 bits per heavy atom. The van der Waals surface area contributed by atoms with E-state index < -0.39 is 50.3 Å². The average molecular weight is 499 g/mol. The van der Waals surface area contributed by atoms with Gasteiger partial charge in [-0.15, -0.1) is 0 Å². The van der Waals surface area contributed by atoms with E-state index in [1.54, 1.807) is 13.8 Å². The minimum Gasteiger partial charge on any atom is -0.497 e. The van der Waals surface area contributed by atoms with Gasteiger partial charge in [0.1, 0.15) is 11.8 Å². The first-order chi connectivity index (χ1) is 15.3. The number of carbonyl (C=O) groups is 2. The molecule has 0 saturated heterocycles. The number of carbonyl (C=O) groups excluding carboxylic acids is 2. The van der Waals surface area contributed by atoms with Crippen molar-refractivity contribution in [1.29, 1.82) is 0 Å². The van der Waals surface area contributed by atoms with Crippen LogP contribution in [0.15, 0.2) is 58.3 Å². The molecule has 2 N–H and O–H groups in total. The molecule has 2 aromatic rings. The van der Waals surface area contributed by atoms with Crippen LogP contribution >= 0.6 is 0 Å². The molecule has 0 aromatic heterocycles. The van der Waals surface area contributed by atoms with E-state index in [0.29, 0.717) is 11.4 Å². The van der Waals surface area contributed by atoms with Crippen molar-refractivity contribution in [3.63, 3.8) is 0 Å². The summed E-state index contributed by atoms with van der Waals surface area (Å²) in [6, 6.07) is 9.87. The monoisotopic (exact) mass is 498 g/mol. The number of esters is 1. The second-order valence-corrected chi connectivity index (χ2v) is 11.2. The Balaban J connectivity index is 1.99. The maximum absolute atomic E-state index is 12.6. The van der Waals surface area contributed by atoms with Gasteiger partial charge in [0, 0.05) is 11.9 Å². The van der Waals surface area contributed by atoms with Gasteiger partial charge in [0.2, 0.25) is 10.0 Å². The van der Waals surface area contributed by atoms with Gasteiger partial charge in [0.05, 0.1) is 16.9 Å². The van der Waals surface area contributed by atoms with Crippen LogP contribution in [0.25, 0.3) is 0 Å².